The summed E-state index contributed by atoms with van der Waals surface area (Å²) < 4.78 is 155. The molecule has 0 aromatic heterocycles. The third kappa shape index (κ3) is 3.15. The molecule has 0 spiro atoms. The van der Waals surface area contributed by atoms with E-state index in [1.165, 1.54) is 0 Å². The van der Waals surface area contributed by atoms with Gasteiger partial charge in [0.25, 0.3) is 0 Å². The van der Waals surface area contributed by atoms with Crippen molar-refractivity contribution in [1.29, 1.82) is 0 Å². The van der Waals surface area contributed by atoms with Gasteiger partial charge in [0.15, 0.2) is 0 Å². The summed E-state index contributed by atoms with van der Waals surface area (Å²) in [5, 5.41) is -14.3. The van der Waals surface area contributed by atoms with Crippen molar-refractivity contribution in [2.24, 2.45) is 0 Å². The van der Waals surface area contributed by atoms with Gasteiger partial charge >= 0.3 is 61.5 Å². The van der Waals surface area contributed by atoms with E-state index in [4.69, 9.17) is 9.11 Å². The topological polar surface area (TPSA) is 109 Å². The molecule has 124 valence electrons. The third-order valence-electron chi connectivity index (χ3n) is 1.77. The van der Waals surface area contributed by atoms with Crippen molar-refractivity contribution in [3.63, 3.8) is 0 Å². The Morgan fingerprint density at radius 2 is 0.762 bits per heavy atom. The van der Waals surface area contributed by atoms with E-state index in [0.29, 0.717) is 0 Å². The van der Waals surface area contributed by atoms with Crippen molar-refractivity contribution in [2.45, 2.75) is 22.4 Å². The van der Waals surface area contributed by atoms with Crippen LogP contribution < -0.4 is 18.9 Å². The van der Waals surface area contributed by atoms with Crippen LogP contribution in [0.5, 0.6) is 0 Å². The summed E-state index contributed by atoms with van der Waals surface area (Å²) in [7, 11) is -14.6. The zero-order valence-corrected chi connectivity index (χ0v) is 11.0. The minimum Gasteiger partial charge on any atom is -1.00 e. The SMILES string of the molecule is O=S(=O)(O)C(F)(F)C(F)(F)C(F)(F)C(F)(F)S(=O)(=O)O.[H-].[Li+]. The first-order chi connectivity index (χ1) is 8.25. The fraction of sp³-hybridized carbons (Fsp3) is 1.00. The molecule has 0 aliphatic carbocycles. The molecule has 0 unspecified atom stereocenters. The minimum absolute atomic E-state index is 0. The number of hydrogen-bond donors (Lipinski definition) is 2. The number of alkyl halides is 8. The van der Waals surface area contributed by atoms with Gasteiger partial charge in [-0.3, -0.25) is 9.11 Å². The minimum atomic E-state index is -7.58. The van der Waals surface area contributed by atoms with Gasteiger partial charge in [-0.2, -0.15) is 52.0 Å². The van der Waals surface area contributed by atoms with Gasteiger partial charge < -0.3 is 1.43 Å². The van der Waals surface area contributed by atoms with E-state index >= 15 is 0 Å². The Balaban J connectivity index is -0.00000180. The van der Waals surface area contributed by atoms with Gasteiger partial charge in [-0.25, -0.2) is 0 Å². The maximum atomic E-state index is 12.6. The van der Waals surface area contributed by atoms with E-state index in [-0.39, 0.29) is 20.3 Å². The summed E-state index contributed by atoms with van der Waals surface area (Å²) >= 11 is 0. The zero-order valence-electron chi connectivity index (χ0n) is 10.4. The van der Waals surface area contributed by atoms with Gasteiger partial charge in [0, 0.05) is 0 Å². The average Bonchev–Trinajstić information content (AvgIpc) is 2.12. The van der Waals surface area contributed by atoms with E-state index in [1.807, 2.05) is 0 Å². The van der Waals surface area contributed by atoms with Crippen molar-refractivity contribution >= 4 is 20.2 Å². The van der Waals surface area contributed by atoms with E-state index in [2.05, 4.69) is 0 Å². The third-order valence-corrected chi connectivity index (χ3v) is 3.58. The molecule has 2 N–H and O–H groups in total. The van der Waals surface area contributed by atoms with Crippen LogP contribution in [0.4, 0.5) is 35.1 Å². The Bertz CT molecular complexity index is 548. The summed E-state index contributed by atoms with van der Waals surface area (Å²) in [5.41, 5.74) is 0. The molecule has 0 bridgehead atoms. The number of halogens is 8. The zero-order chi connectivity index (χ0) is 17.0. The largest absolute Gasteiger partial charge is 1.00 e. The molecule has 0 rings (SSSR count). The molecule has 0 heterocycles. The summed E-state index contributed by atoms with van der Waals surface area (Å²) in [6.45, 7) is 0. The molecule has 0 aliphatic rings. The van der Waals surface area contributed by atoms with Gasteiger partial charge in [-0.15, -0.1) is 0 Å². The van der Waals surface area contributed by atoms with E-state index in [9.17, 15) is 52.0 Å². The van der Waals surface area contributed by atoms with Crippen molar-refractivity contribution < 1.29 is 81.4 Å². The molecule has 0 amide bonds. The summed E-state index contributed by atoms with van der Waals surface area (Å²) in [6.07, 6.45) is 0. The summed E-state index contributed by atoms with van der Waals surface area (Å²) in [5.74, 6) is -15.2. The second-order valence-electron chi connectivity index (χ2n) is 3.13. The maximum Gasteiger partial charge on any atom is 1.00 e. The van der Waals surface area contributed by atoms with Crippen LogP contribution in [0.2, 0.25) is 0 Å². The fourth-order valence-electron chi connectivity index (χ4n) is 0.690. The van der Waals surface area contributed by atoms with Gasteiger partial charge in [0.2, 0.25) is 0 Å². The molecule has 0 atom stereocenters. The second-order valence-corrected chi connectivity index (χ2v) is 6.06. The Kier molecular flexibility index (Phi) is 6.05. The number of rotatable bonds is 5. The Labute approximate surface area is 124 Å². The first-order valence-corrected chi connectivity index (χ1v) is 6.58. The summed E-state index contributed by atoms with van der Waals surface area (Å²) in [4.78, 5) is 0. The van der Waals surface area contributed by atoms with Crippen LogP contribution in [0.1, 0.15) is 1.43 Å². The first-order valence-electron chi connectivity index (χ1n) is 3.70. The van der Waals surface area contributed by atoms with Crippen LogP contribution in [0.15, 0.2) is 0 Å². The van der Waals surface area contributed by atoms with Crippen LogP contribution in [-0.2, 0) is 20.2 Å². The molecular weight excluding hydrogens is 367 g/mol. The predicted octanol–water partition coefficient (Wildman–Crippen LogP) is -1.67. The van der Waals surface area contributed by atoms with E-state index in [1.54, 1.807) is 0 Å². The smallest absolute Gasteiger partial charge is 1.00 e. The standard InChI is InChI=1S/C4H2F8O6S2.Li.H/c5-1(6,3(9,10)19(13,14)15)2(7,8)4(11,12)20(16,17)18;;/h(H,13,14,15)(H,16,17,18);;/q;+1;-1. The Morgan fingerprint density at radius 1 is 0.619 bits per heavy atom. The normalized spacial score (nSPS) is 15.5. The molecule has 0 aromatic rings. The van der Waals surface area contributed by atoms with Crippen molar-refractivity contribution in [3.05, 3.63) is 0 Å². The summed E-state index contributed by atoms with van der Waals surface area (Å²) in [6, 6.07) is 0. The monoisotopic (exact) mass is 370 g/mol. The van der Waals surface area contributed by atoms with Crippen LogP contribution in [-0.4, -0.2) is 48.3 Å². The Morgan fingerprint density at radius 3 is 0.857 bits per heavy atom. The molecule has 0 aliphatic heterocycles. The van der Waals surface area contributed by atoms with Crippen LogP contribution >= 0.6 is 0 Å². The molecule has 21 heavy (non-hydrogen) atoms. The van der Waals surface area contributed by atoms with Gasteiger partial charge in [0.1, 0.15) is 0 Å². The molecule has 0 aromatic carbocycles. The van der Waals surface area contributed by atoms with E-state index < -0.39 is 42.6 Å². The van der Waals surface area contributed by atoms with Crippen molar-refractivity contribution in [1.82, 2.24) is 0 Å². The van der Waals surface area contributed by atoms with Crippen molar-refractivity contribution in [3.8, 4) is 0 Å². The molecular formula is C4H3F8LiO6S2. The molecule has 0 saturated carbocycles. The average molecular weight is 370 g/mol. The fourth-order valence-corrected chi connectivity index (χ4v) is 1.59. The van der Waals surface area contributed by atoms with E-state index in [0.717, 1.165) is 0 Å². The van der Waals surface area contributed by atoms with Crippen molar-refractivity contribution in [2.75, 3.05) is 0 Å². The molecule has 0 saturated heterocycles. The van der Waals surface area contributed by atoms with Gasteiger partial charge in [-0.05, 0) is 0 Å². The van der Waals surface area contributed by atoms with Crippen LogP contribution in [0, 0.1) is 0 Å². The number of hydrogen-bond acceptors (Lipinski definition) is 4. The molecule has 17 heteroatoms. The van der Waals surface area contributed by atoms with Gasteiger partial charge in [0.05, 0.1) is 0 Å². The second kappa shape index (κ2) is 5.49. The van der Waals surface area contributed by atoms with Crippen LogP contribution in [0.3, 0.4) is 0 Å². The van der Waals surface area contributed by atoms with Crippen LogP contribution in [0.25, 0.3) is 0 Å². The molecule has 0 radical (unpaired) electrons. The first kappa shape index (κ1) is 23.1. The predicted molar refractivity (Wildman–Crippen MR) is 44.0 cm³/mol. The molecule has 6 nitrogen and oxygen atoms in total. The molecule has 0 fully saturated rings. The Hall–Kier alpha value is -0.143. The quantitative estimate of drug-likeness (QED) is 0.341. The van der Waals surface area contributed by atoms with Gasteiger partial charge in [-0.1, -0.05) is 0 Å². The maximum absolute atomic E-state index is 12.6.